The fourth-order valence-corrected chi connectivity index (χ4v) is 2.32. The van der Waals surface area contributed by atoms with Gasteiger partial charge in [0.25, 0.3) is 0 Å². The van der Waals surface area contributed by atoms with Crippen molar-refractivity contribution in [3.8, 4) is 0 Å². The monoisotopic (exact) mass is 306 g/mol. The van der Waals surface area contributed by atoms with Gasteiger partial charge in [0.2, 0.25) is 0 Å². The molecule has 22 heavy (non-hydrogen) atoms. The lowest BCUT2D eigenvalue weighted by Crippen LogP contribution is -2.38. The molecule has 0 aliphatic carbocycles. The number of nitrogens with one attached hydrogen (secondary N) is 2. The van der Waals surface area contributed by atoms with E-state index >= 15 is 0 Å². The van der Waals surface area contributed by atoms with Crippen molar-refractivity contribution >= 4 is 17.5 Å². The second-order valence-corrected chi connectivity index (χ2v) is 5.76. The average molecular weight is 306 g/mol. The van der Waals surface area contributed by atoms with Gasteiger partial charge >= 0.3 is 11.8 Å². The summed E-state index contributed by atoms with van der Waals surface area (Å²) < 4.78 is 0. The van der Waals surface area contributed by atoms with Crippen LogP contribution in [-0.2, 0) is 16.0 Å². The number of benzene rings is 1. The molecule has 0 radical (unpaired) electrons. The maximum Gasteiger partial charge on any atom is 0.313 e. The Kier molecular flexibility index (Phi) is 7.60. The van der Waals surface area contributed by atoms with E-state index in [1.165, 1.54) is 0 Å². The lowest BCUT2D eigenvalue weighted by atomic mass is 10.0. The molecule has 0 bridgehead atoms. The van der Waals surface area contributed by atoms with Gasteiger partial charge in [0, 0.05) is 12.2 Å². The summed E-state index contributed by atoms with van der Waals surface area (Å²) >= 11 is 0. The summed E-state index contributed by atoms with van der Waals surface area (Å²) in [6, 6.07) is 7.49. The predicted octanol–water partition coefficient (Wildman–Crippen LogP) is 2.10. The molecule has 122 valence electrons. The van der Waals surface area contributed by atoms with Crippen LogP contribution in [0.5, 0.6) is 0 Å². The summed E-state index contributed by atoms with van der Waals surface area (Å²) in [5.74, 6) is -1.19. The van der Waals surface area contributed by atoms with Gasteiger partial charge in [-0.1, -0.05) is 38.5 Å². The highest BCUT2D eigenvalue weighted by Crippen LogP contribution is 2.16. The number of anilines is 1. The second-order valence-electron chi connectivity index (χ2n) is 5.76. The molecule has 1 aromatic rings. The number of aryl methyl sites for hydroxylation is 1. The van der Waals surface area contributed by atoms with Crippen LogP contribution in [-0.4, -0.2) is 29.6 Å². The van der Waals surface area contributed by atoms with E-state index in [1.807, 2.05) is 25.1 Å². The molecule has 1 rings (SSSR count). The van der Waals surface area contributed by atoms with E-state index < -0.39 is 17.9 Å². The fraction of sp³-hybridized carbons (Fsp3) is 0.529. The first-order chi connectivity index (χ1) is 10.4. The van der Waals surface area contributed by atoms with Crippen molar-refractivity contribution < 1.29 is 14.7 Å². The molecule has 2 unspecified atom stereocenters. The van der Waals surface area contributed by atoms with Gasteiger partial charge in [-0.2, -0.15) is 0 Å². The molecule has 0 aromatic heterocycles. The first kappa shape index (κ1) is 18.2. The largest absolute Gasteiger partial charge is 0.393 e. The lowest BCUT2D eigenvalue weighted by molar-refractivity contribution is -0.136. The summed E-state index contributed by atoms with van der Waals surface area (Å²) in [5, 5.41) is 14.5. The summed E-state index contributed by atoms with van der Waals surface area (Å²) in [4.78, 5) is 23.8. The van der Waals surface area contributed by atoms with Crippen molar-refractivity contribution in [2.75, 3.05) is 11.9 Å². The molecule has 2 atom stereocenters. The number of rotatable bonds is 7. The third-order valence-corrected chi connectivity index (χ3v) is 3.35. The van der Waals surface area contributed by atoms with Gasteiger partial charge in [-0.25, -0.2) is 0 Å². The second kappa shape index (κ2) is 9.20. The molecule has 0 saturated heterocycles. The first-order valence-corrected chi connectivity index (χ1v) is 7.79. The standard InChI is InChI=1S/C17H26N2O3/c1-4-7-14-8-5-6-9-15(14)19-17(22)16(21)18-11-12(2)10-13(3)20/h5-6,8-9,12-13,20H,4,7,10-11H2,1-3H3,(H,18,21)(H,19,22). The molecule has 1 aromatic carbocycles. The molecular weight excluding hydrogens is 280 g/mol. The Morgan fingerprint density at radius 1 is 1.18 bits per heavy atom. The highest BCUT2D eigenvalue weighted by Gasteiger charge is 2.16. The minimum absolute atomic E-state index is 0.115. The van der Waals surface area contributed by atoms with Crippen molar-refractivity contribution in [1.29, 1.82) is 0 Å². The van der Waals surface area contributed by atoms with Gasteiger partial charge in [0.05, 0.1) is 6.10 Å². The van der Waals surface area contributed by atoms with Gasteiger partial charge in [-0.05, 0) is 37.3 Å². The van der Waals surface area contributed by atoms with E-state index in [9.17, 15) is 14.7 Å². The Labute approximate surface area is 132 Å². The molecule has 5 heteroatoms. The molecule has 0 aliphatic heterocycles. The fourth-order valence-electron chi connectivity index (χ4n) is 2.32. The topological polar surface area (TPSA) is 78.4 Å². The Balaban J connectivity index is 2.53. The van der Waals surface area contributed by atoms with E-state index in [4.69, 9.17) is 0 Å². The smallest absolute Gasteiger partial charge is 0.313 e. The maximum atomic E-state index is 11.9. The van der Waals surface area contributed by atoms with Crippen LogP contribution in [0.3, 0.4) is 0 Å². The Bertz CT molecular complexity index is 500. The van der Waals surface area contributed by atoms with Crippen molar-refractivity contribution in [2.24, 2.45) is 5.92 Å². The third-order valence-electron chi connectivity index (χ3n) is 3.35. The van der Waals surface area contributed by atoms with Crippen molar-refractivity contribution in [1.82, 2.24) is 5.32 Å². The van der Waals surface area contributed by atoms with Gasteiger partial charge in [0.15, 0.2) is 0 Å². The van der Waals surface area contributed by atoms with Crippen LogP contribution in [0, 0.1) is 5.92 Å². The average Bonchev–Trinajstić information content (AvgIpc) is 2.46. The molecule has 2 amide bonds. The van der Waals surface area contributed by atoms with E-state index in [2.05, 4.69) is 17.6 Å². The van der Waals surface area contributed by atoms with Crippen LogP contribution in [0.4, 0.5) is 5.69 Å². The van der Waals surface area contributed by atoms with Gasteiger partial charge in [-0.15, -0.1) is 0 Å². The number of aliphatic hydroxyl groups excluding tert-OH is 1. The van der Waals surface area contributed by atoms with Crippen molar-refractivity contribution in [2.45, 2.75) is 46.1 Å². The zero-order chi connectivity index (χ0) is 16.5. The van der Waals surface area contributed by atoms with Crippen LogP contribution in [0.1, 0.15) is 39.2 Å². The van der Waals surface area contributed by atoms with E-state index in [1.54, 1.807) is 13.0 Å². The van der Waals surface area contributed by atoms with E-state index in [0.717, 1.165) is 18.4 Å². The zero-order valence-electron chi connectivity index (χ0n) is 13.6. The Morgan fingerprint density at radius 2 is 1.86 bits per heavy atom. The molecule has 5 nitrogen and oxygen atoms in total. The normalized spacial score (nSPS) is 13.3. The minimum Gasteiger partial charge on any atom is -0.393 e. The number of carbonyl (C=O) groups is 2. The Hall–Kier alpha value is -1.88. The van der Waals surface area contributed by atoms with Crippen LogP contribution in [0.25, 0.3) is 0 Å². The van der Waals surface area contributed by atoms with Crippen LogP contribution >= 0.6 is 0 Å². The summed E-state index contributed by atoms with van der Waals surface area (Å²) in [6.07, 6.45) is 1.99. The number of amides is 2. The summed E-state index contributed by atoms with van der Waals surface area (Å²) in [6.45, 7) is 6.06. The highest BCUT2D eigenvalue weighted by atomic mass is 16.3. The van der Waals surface area contributed by atoms with Gasteiger partial charge < -0.3 is 15.7 Å². The van der Waals surface area contributed by atoms with Crippen molar-refractivity contribution in [3.63, 3.8) is 0 Å². The first-order valence-electron chi connectivity index (χ1n) is 7.79. The predicted molar refractivity (Wildman–Crippen MR) is 87.5 cm³/mol. The molecule has 0 aliphatic rings. The molecule has 0 saturated carbocycles. The van der Waals surface area contributed by atoms with E-state index in [-0.39, 0.29) is 5.92 Å². The molecule has 0 fully saturated rings. The summed E-state index contributed by atoms with van der Waals surface area (Å²) in [7, 11) is 0. The van der Waals surface area contributed by atoms with E-state index in [0.29, 0.717) is 18.7 Å². The van der Waals surface area contributed by atoms with Crippen molar-refractivity contribution in [3.05, 3.63) is 29.8 Å². The van der Waals surface area contributed by atoms with Gasteiger partial charge in [0.1, 0.15) is 0 Å². The zero-order valence-corrected chi connectivity index (χ0v) is 13.6. The lowest BCUT2D eigenvalue weighted by Gasteiger charge is -2.14. The quantitative estimate of drug-likeness (QED) is 0.675. The minimum atomic E-state index is -0.659. The molecular formula is C17H26N2O3. The van der Waals surface area contributed by atoms with Crippen LogP contribution < -0.4 is 10.6 Å². The Morgan fingerprint density at radius 3 is 2.50 bits per heavy atom. The van der Waals surface area contributed by atoms with Crippen LogP contribution in [0.15, 0.2) is 24.3 Å². The molecule has 0 heterocycles. The number of carbonyl (C=O) groups excluding carboxylic acids is 2. The number of aliphatic hydroxyl groups is 1. The number of hydrogen-bond donors (Lipinski definition) is 3. The van der Waals surface area contributed by atoms with Gasteiger partial charge in [-0.3, -0.25) is 9.59 Å². The SMILES string of the molecule is CCCc1ccccc1NC(=O)C(=O)NCC(C)CC(C)O. The third kappa shape index (κ3) is 6.26. The number of hydrogen-bond acceptors (Lipinski definition) is 3. The molecule has 0 spiro atoms. The highest BCUT2D eigenvalue weighted by molar-refractivity contribution is 6.39. The number of para-hydroxylation sites is 1. The molecule has 3 N–H and O–H groups in total. The van der Waals surface area contributed by atoms with Crippen LogP contribution in [0.2, 0.25) is 0 Å². The maximum absolute atomic E-state index is 11.9. The summed E-state index contributed by atoms with van der Waals surface area (Å²) in [5.41, 5.74) is 1.70.